The molecule has 11 rings (SSSR count). The molecular weight excluding hydrogens is 1210 g/mol. The first-order chi connectivity index (χ1) is 44.1. The summed E-state index contributed by atoms with van der Waals surface area (Å²) >= 11 is 0. The normalized spacial score (nSPS) is 33.3. The Morgan fingerprint density at radius 2 is 1.01 bits per heavy atom. The van der Waals surface area contributed by atoms with E-state index in [-0.39, 0.29) is 89.7 Å². The van der Waals surface area contributed by atoms with Crippen molar-refractivity contribution in [2.45, 2.75) is 280 Å². The first-order valence-electron chi connectivity index (χ1n) is 35.6. The highest BCUT2D eigenvalue weighted by atomic mass is 28.4. The molecule has 14 heteroatoms. The maximum absolute atomic E-state index is 15.4. The van der Waals surface area contributed by atoms with Gasteiger partial charge in [0.1, 0.15) is 42.1 Å². The molecule has 93 heavy (non-hydrogen) atoms. The molecule has 11 nitrogen and oxygen atoms in total. The van der Waals surface area contributed by atoms with Crippen LogP contribution in [0.3, 0.4) is 0 Å². The smallest absolute Gasteiger partial charge is 0.261 e. The van der Waals surface area contributed by atoms with Gasteiger partial charge in [-0.1, -0.05) is 218 Å². The number of carbonyl (C=O) groups excluding carboxylic acids is 2. The van der Waals surface area contributed by atoms with Crippen LogP contribution >= 0.6 is 0 Å². The van der Waals surface area contributed by atoms with Gasteiger partial charge in [-0.05, 0) is 135 Å². The molecule has 18 atom stereocenters. The predicted molar refractivity (Wildman–Crippen MR) is 379 cm³/mol. The number of rotatable bonds is 13. The zero-order valence-electron chi connectivity index (χ0n) is 58.7. The van der Waals surface area contributed by atoms with Crippen LogP contribution in [-0.4, -0.2) is 129 Å². The van der Waals surface area contributed by atoms with E-state index < -0.39 is 83.9 Å². The SMILES string of the molecule is C=C1C2C[C@@H]3O[C@H](C[C@H](C)CO[Si](C)(C)C(C)(C)C)[C@H](C)C3CC(=O)C[C@H]3CC[C@@H]4O[C@@H]5[C@@H](OC(CC(=O)CCC6CC(=C)[C@H](CC[C@@H](C[C@H]1C)O2)O6)[C@@H]5O[Si](c1ccccc1)(c1ccccc1)C(C)(C)C)[C@@H](O[Si](c1ccccc1)(c1ccccc1)C(C)(C)C)[C@H]4O3. The van der Waals surface area contributed by atoms with E-state index in [4.69, 9.17) is 41.7 Å². The first-order valence-corrected chi connectivity index (χ1v) is 42.3. The monoisotopic (exact) mass is 1320 g/mol. The minimum absolute atomic E-state index is 0.00878. The molecule has 0 amide bonds. The van der Waals surface area contributed by atoms with Gasteiger partial charge in [0.05, 0.1) is 54.9 Å². The molecule has 0 radical (unpaired) electrons. The summed E-state index contributed by atoms with van der Waals surface area (Å²) in [5.74, 6) is 0.861. The quantitative estimate of drug-likeness (QED) is 0.0941. The molecule has 8 bridgehead atoms. The Balaban J connectivity index is 0.991. The van der Waals surface area contributed by atoms with E-state index >= 15 is 9.59 Å². The van der Waals surface area contributed by atoms with Crippen molar-refractivity contribution in [2.75, 3.05) is 6.61 Å². The van der Waals surface area contributed by atoms with Crippen molar-refractivity contribution in [3.63, 3.8) is 0 Å². The zero-order valence-corrected chi connectivity index (χ0v) is 61.7. The molecule has 0 saturated carbocycles. The Morgan fingerprint density at radius 1 is 0.505 bits per heavy atom. The molecule has 7 saturated heterocycles. The second-order valence-corrected chi connectivity index (χ2v) is 46.1. The Kier molecular flexibility index (Phi) is 21.5. The molecule has 4 unspecified atom stereocenters. The minimum atomic E-state index is -3.37. The van der Waals surface area contributed by atoms with E-state index in [2.05, 4.69) is 231 Å². The van der Waals surface area contributed by atoms with Crippen LogP contribution in [0.4, 0.5) is 0 Å². The summed E-state index contributed by atoms with van der Waals surface area (Å²) in [5.41, 5.74) is 2.18. The van der Waals surface area contributed by atoms with Crippen LogP contribution in [0.1, 0.15) is 167 Å². The van der Waals surface area contributed by atoms with Crippen molar-refractivity contribution >= 4 is 57.3 Å². The van der Waals surface area contributed by atoms with Crippen molar-refractivity contribution in [1.82, 2.24) is 0 Å². The average molecular weight is 1320 g/mol. The van der Waals surface area contributed by atoms with Crippen LogP contribution in [-0.2, 0) is 51.3 Å². The second kappa shape index (κ2) is 28.4. The van der Waals surface area contributed by atoms with Crippen molar-refractivity contribution in [2.24, 2.45) is 23.7 Å². The van der Waals surface area contributed by atoms with E-state index in [0.717, 1.165) is 57.6 Å². The molecule has 0 aromatic heterocycles. The van der Waals surface area contributed by atoms with Crippen LogP contribution in [0, 0.1) is 23.7 Å². The highest BCUT2D eigenvalue weighted by molar-refractivity contribution is 7.00. The summed E-state index contributed by atoms with van der Waals surface area (Å²) in [5, 5.41) is 3.84. The van der Waals surface area contributed by atoms with Gasteiger partial charge in [-0.3, -0.25) is 9.59 Å². The Bertz CT molecular complexity index is 3100. The lowest BCUT2D eigenvalue weighted by Gasteiger charge is -2.53. The van der Waals surface area contributed by atoms with Crippen LogP contribution in [0.5, 0.6) is 0 Å². The van der Waals surface area contributed by atoms with Crippen LogP contribution in [0.2, 0.25) is 28.2 Å². The fourth-order valence-electron chi connectivity index (χ4n) is 16.9. The van der Waals surface area contributed by atoms with E-state index in [1.165, 1.54) is 0 Å². The van der Waals surface area contributed by atoms with E-state index in [1.54, 1.807) is 0 Å². The molecule has 0 aliphatic carbocycles. The standard InChI is InChI=1S/C79H112O11Si3/c1-51(50-82-91(15,16)77(6,7)8)43-68-55(5)65-47-57(81)46-60-40-42-67-72(85-60)76(90-93(79(12,13)14,63-33-25-19-26-34-63)64-35-27-20-28-36-64)75-74(87-67)73(89-92(78(9,10)11,61-29-21-17-22-30-61)62-31-23-18-24-32-62)71(88-75)48-56(80)37-38-58-45-53(3)66(83-58)41-39-59-44-52(2)54(4)69(84-59)49-70(65)86-68/h17-36,51-52,55,58-60,65-76H,3-4,37-50H2,1-2,5-16H3/t51-,52+,55+,58?,59-,60+,65?,66-,67-,68+,69?,70-,71?,72-,73-,74-,75+,76-/m0/s1. The van der Waals surface area contributed by atoms with Gasteiger partial charge in [-0.2, -0.15) is 0 Å². The van der Waals surface area contributed by atoms with E-state index in [9.17, 15) is 0 Å². The van der Waals surface area contributed by atoms with Gasteiger partial charge in [0.15, 0.2) is 8.32 Å². The Hall–Kier alpha value is -4.01. The van der Waals surface area contributed by atoms with Gasteiger partial charge in [0, 0.05) is 38.7 Å². The van der Waals surface area contributed by atoms with Crippen LogP contribution in [0.25, 0.3) is 0 Å². The van der Waals surface area contributed by atoms with E-state index in [1.807, 2.05) is 0 Å². The third-order valence-corrected chi connectivity index (χ3v) is 37.7. The highest BCUT2D eigenvalue weighted by Crippen LogP contribution is 2.50. The summed E-state index contributed by atoms with van der Waals surface area (Å²) in [4.78, 5) is 30.5. The highest BCUT2D eigenvalue weighted by Gasteiger charge is 2.65. The Morgan fingerprint density at radius 3 is 1.56 bits per heavy atom. The number of ketones is 2. The number of Topliss-reactive ketones (excluding diaryl/α,β-unsaturated/α-hetero) is 2. The summed E-state index contributed by atoms with van der Waals surface area (Å²) < 4.78 is 67.8. The first kappa shape index (κ1) is 70.3. The number of carbonyl (C=O) groups is 2. The third-order valence-electron chi connectivity index (χ3n) is 23.1. The second-order valence-electron chi connectivity index (χ2n) is 32.8. The van der Waals surface area contributed by atoms with Gasteiger partial charge in [0.2, 0.25) is 0 Å². The fourth-order valence-corrected chi connectivity index (χ4v) is 27.4. The summed E-state index contributed by atoms with van der Waals surface area (Å²) in [6, 6.07) is 43.0. The third kappa shape index (κ3) is 14.8. The minimum Gasteiger partial charge on any atom is -0.417 e. The molecule has 7 aliphatic rings. The largest absolute Gasteiger partial charge is 0.417 e. The Labute approximate surface area is 561 Å². The number of ether oxygens (including phenoxy) is 6. The van der Waals surface area contributed by atoms with E-state index in [0.29, 0.717) is 51.6 Å². The molecular formula is C79H112O11Si3. The summed E-state index contributed by atoms with van der Waals surface area (Å²) in [6.45, 7) is 42.2. The summed E-state index contributed by atoms with van der Waals surface area (Å²) in [6.07, 6.45) is 1.97. The molecule has 4 aromatic carbocycles. The summed E-state index contributed by atoms with van der Waals surface area (Å²) in [7, 11) is -8.68. The molecule has 4 aromatic rings. The topological polar surface area (TPSA) is 117 Å². The lowest BCUT2D eigenvalue weighted by molar-refractivity contribution is -0.254. The number of fused-ring (bicyclic) bond motifs is 7. The van der Waals surface area contributed by atoms with Crippen LogP contribution < -0.4 is 20.7 Å². The molecule has 7 heterocycles. The molecule has 0 spiro atoms. The number of hydrogen-bond donors (Lipinski definition) is 0. The zero-order chi connectivity index (χ0) is 66.4. The van der Waals surface area contributed by atoms with Crippen LogP contribution in [0.15, 0.2) is 146 Å². The number of benzene rings is 4. The molecule has 506 valence electrons. The van der Waals surface area contributed by atoms with Gasteiger partial charge < -0.3 is 41.7 Å². The lowest BCUT2D eigenvalue weighted by atomic mass is 9.78. The van der Waals surface area contributed by atoms with Gasteiger partial charge in [-0.25, -0.2) is 0 Å². The predicted octanol–water partition coefficient (Wildman–Crippen LogP) is 14.4. The van der Waals surface area contributed by atoms with Gasteiger partial charge in [-0.15, -0.1) is 0 Å². The maximum atomic E-state index is 15.4. The van der Waals surface area contributed by atoms with Crippen molar-refractivity contribution in [3.8, 4) is 0 Å². The van der Waals surface area contributed by atoms with Crippen molar-refractivity contribution < 1.29 is 51.3 Å². The van der Waals surface area contributed by atoms with Gasteiger partial charge in [0.25, 0.3) is 16.6 Å². The average Bonchev–Trinajstić information content (AvgIpc) is 1.71. The molecule has 7 aliphatic heterocycles. The molecule has 0 N–H and O–H groups in total. The lowest BCUT2D eigenvalue weighted by Crippen LogP contribution is -2.73. The van der Waals surface area contributed by atoms with Crippen molar-refractivity contribution in [3.05, 3.63) is 146 Å². The maximum Gasteiger partial charge on any atom is 0.261 e. The van der Waals surface area contributed by atoms with Crippen molar-refractivity contribution in [1.29, 1.82) is 0 Å². The molecule has 7 fully saturated rings. The number of hydrogen-bond acceptors (Lipinski definition) is 11. The van der Waals surface area contributed by atoms with Gasteiger partial charge >= 0.3 is 0 Å². The fraction of sp³-hybridized carbons (Fsp3) is 0.620.